The van der Waals surface area contributed by atoms with Gasteiger partial charge in [0.25, 0.3) is 0 Å². The third kappa shape index (κ3) is 6.17. The molecule has 2 aromatic carbocycles. The van der Waals surface area contributed by atoms with Crippen LogP contribution >= 0.6 is 23.4 Å². The Morgan fingerprint density at radius 2 is 1.86 bits per heavy atom. The lowest BCUT2D eigenvalue weighted by atomic mass is 10.1. The van der Waals surface area contributed by atoms with E-state index in [9.17, 15) is 9.59 Å². The van der Waals surface area contributed by atoms with Crippen LogP contribution in [0.25, 0.3) is 0 Å². The van der Waals surface area contributed by atoms with Gasteiger partial charge in [-0.05, 0) is 36.2 Å². The summed E-state index contributed by atoms with van der Waals surface area (Å²) in [5.41, 5.74) is 1.92. The highest BCUT2D eigenvalue weighted by Gasteiger charge is 2.25. The minimum atomic E-state index is -0.569. The first-order chi connectivity index (χ1) is 13.5. The van der Waals surface area contributed by atoms with Crippen molar-refractivity contribution in [3.8, 4) is 5.75 Å². The Hall–Kier alpha value is -2.18. The third-order valence-corrected chi connectivity index (χ3v) is 5.70. The number of nitrogens with one attached hydrogen (secondary N) is 1. The molecule has 2 amide bonds. The SMILES string of the molecule is CNC(=O)[C@@H](C)N(Cc1ccc(OC)cc1)C(=O)CSCc1ccccc1Cl. The summed E-state index contributed by atoms with van der Waals surface area (Å²) in [4.78, 5) is 26.6. The van der Waals surface area contributed by atoms with Gasteiger partial charge in [0, 0.05) is 24.4 Å². The van der Waals surface area contributed by atoms with Crippen LogP contribution in [0.3, 0.4) is 0 Å². The van der Waals surface area contributed by atoms with E-state index in [-0.39, 0.29) is 17.6 Å². The molecule has 150 valence electrons. The first-order valence-electron chi connectivity index (χ1n) is 8.91. The summed E-state index contributed by atoms with van der Waals surface area (Å²) >= 11 is 7.66. The van der Waals surface area contributed by atoms with Crippen molar-refractivity contribution < 1.29 is 14.3 Å². The fourth-order valence-corrected chi connectivity index (χ4v) is 3.86. The molecule has 0 aliphatic heterocycles. The average Bonchev–Trinajstić information content (AvgIpc) is 2.72. The van der Waals surface area contributed by atoms with E-state index in [2.05, 4.69) is 5.32 Å². The number of likely N-dealkylation sites (N-methyl/N-ethyl adjacent to an activating group) is 1. The number of hydrogen-bond donors (Lipinski definition) is 1. The van der Waals surface area contributed by atoms with E-state index in [0.717, 1.165) is 16.9 Å². The first-order valence-corrected chi connectivity index (χ1v) is 10.4. The normalized spacial score (nSPS) is 11.6. The van der Waals surface area contributed by atoms with Crippen molar-refractivity contribution in [2.75, 3.05) is 19.9 Å². The molecule has 7 heteroatoms. The van der Waals surface area contributed by atoms with Gasteiger partial charge in [0.05, 0.1) is 12.9 Å². The van der Waals surface area contributed by atoms with Crippen molar-refractivity contribution in [2.24, 2.45) is 0 Å². The predicted octanol–water partition coefficient (Wildman–Crippen LogP) is 3.75. The number of carbonyl (C=O) groups is 2. The van der Waals surface area contributed by atoms with Gasteiger partial charge in [-0.25, -0.2) is 0 Å². The number of nitrogens with zero attached hydrogens (tertiary/aromatic N) is 1. The summed E-state index contributed by atoms with van der Waals surface area (Å²) in [5.74, 6) is 1.36. The molecule has 0 saturated carbocycles. The smallest absolute Gasteiger partial charge is 0.242 e. The van der Waals surface area contributed by atoms with E-state index in [4.69, 9.17) is 16.3 Å². The van der Waals surface area contributed by atoms with Crippen molar-refractivity contribution in [2.45, 2.75) is 25.3 Å². The van der Waals surface area contributed by atoms with Gasteiger partial charge in [0.15, 0.2) is 0 Å². The second-order valence-corrected chi connectivity index (χ2v) is 7.64. The first kappa shape index (κ1) is 22.1. The van der Waals surface area contributed by atoms with Crippen LogP contribution in [-0.4, -0.2) is 42.7 Å². The largest absolute Gasteiger partial charge is 0.497 e. The molecule has 28 heavy (non-hydrogen) atoms. The maximum absolute atomic E-state index is 12.9. The molecule has 2 aromatic rings. The van der Waals surface area contributed by atoms with Crippen LogP contribution in [0.4, 0.5) is 0 Å². The van der Waals surface area contributed by atoms with Gasteiger partial charge in [0.1, 0.15) is 11.8 Å². The van der Waals surface area contributed by atoms with Crippen LogP contribution in [0, 0.1) is 0 Å². The molecule has 0 spiro atoms. The van der Waals surface area contributed by atoms with E-state index in [1.54, 1.807) is 26.0 Å². The highest BCUT2D eigenvalue weighted by molar-refractivity contribution is 7.99. The quantitative estimate of drug-likeness (QED) is 0.671. The maximum atomic E-state index is 12.9. The molecule has 0 aromatic heterocycles. The van der Waals surface area contributed by atoms with Gasteiger partial charge in [0.2, 0.25) is 11.8 Å². The molecule has 1 N–H and O–H groups in total. The van der Waals surface area contributed by atoms with Crippen LogP contribution in [0.5, 0.6) is 5.75 Å². The van der Waals surface area contributed by atoms with Gasteiger partial charge < -0.3 is 15.0 Å². The van der Waals surface area contributed by atoms with Crippen LogP contribution in [0.15, 0.2) is 48.5 Å². The van der Waals surface area contributed by atoms with Crippen molar-refractivity contribution in [3.05, 3.63) is 64.7 Å². The van der Waals surface area contributed by atoms with E-state index in [0.29, 0.717) is 17.3 Å². The molecule has 0 aliphatic rings. The lowest BCUT2D eigenvalue weighted by Crippen LogP contribution is -2.47. The summed E-state index contributed by atoms with van der Waals surface area (Å²) in [5, 5.41) is 3.31. The van der Waals surface area contributed by atoms with Crippen molar-refractivity contribution >= 4 is 35.2 Å². The topological polar surface area (TPSA) is 58.6 Å². The fourth-order valence-electron chi connectivity index (χ4n) is 2.67. The molecule has 0 bridgehead atoms. The summed E-state index contributed by atoms with van der Waals surface area (Å²) in [6.07, 6.45) is 0. The Morgan fingerprint density at radius 1 is 1.18 bits per heavy atom. The highest BCUT2D eigenvalue weighted by atomic mass is 35.5. The standard InChI is InChI=1S/C21H25ClN2O3S/c1-15(21(26)23-2)24(12-16-8-10-18(27-3)11-9-16)20(25)14-28-13-17-6-4-5-7-19(17)22/h4-11,15H,12-14H2,1-3H3,(H,23,26)/t15-/m1/s1. The molecule has 1 atom stereocenters. The molecule has 2 rings (SSSR count). The van der Waals surface area contributed by atoms with E-state index >= 15 is 0 Å². The summed E-state index contributed by atoms with van der Waals surface area (Å²) in [7, 11) is 3.18. The molecule has 0 heterocycles. The fraction of sp³-hybridized carbons (Fsp3) is 0.333. The number of amides is 2. The van der Waals surface area contributed by atoms with Crippen LogP contribution in [-0.2, 0) is 21.9 Å². The number of rotatable bonds is 9. The van der Waals surface area contributed by atoms with E-state index in [1.807, 2.05) is 48.5 Å². The number of carbonyl (C=O) groups excluding carboxylic acids is 2. The van der Waals surface area contributed by atoms with Crippen molar-refractivity contribution in [1.29, 1.82) is 0 Å². The second kappa shape index (κ2) is 11.0. The Bertz CT molecular complexity index is 798. The Labute approximate surface area is 175 Å². The molecular formula is C21H25ClN2O3S. The van der Waals surface area contributed by atoms with Gasteiger partial charge in [-0.1, -0.05) is 41.9 Å². The van der Waals surface area contributed by atoms with Crippen LogP contribution in [0.1, 0.15) is 18.1 Å². The van der Waals surface area contributed by atoms with Crippen molar-refractivity contribution in [1.82, 2.24) is 10.2 Å². The number of thioether (sulfide) groups is 1. The third-order valence-electron chi connectivity index (χ3n) is 4.37. The van der Waals surface area contributed by atoms with Crippen LogP contribution in [0.2, 0.25) is 5.02 Å². The Kier molecular flexibility index (Phi) is 8.67. The molecule has 0 fully saturated rings. The van der Waals surface area contributed by atoms with E-state index in [1.165, 1.54) is 11.8 Å². The number of ether oxygens (including phenoxy) is 1. The minimum absolute atomic E-state index is 0.0935. The number of benzene rings is 2. The zero-order valence-corrected chi connectivity index (χ0v) is 17.8. The zero-order valence-electron chi connectivity index (χ0n) is 16.3. The number of halogens is 1. The van der Waals surface area contributed by atoms with Gasteiger partial charge in [-0.2, -0.15) is 0 Å². The minimum Gasteiger partial charge on any atom is -0.497 e. The summed E-state index contributed by atoms with van der Waals surface area (Å²) in [6, 6.07) is 14.5. The summed E-state index contributed by atoms with van der Waals surface area (Å²) in [6.45, 7) is 2.09. The number of hydrogen-bond acceptors (Lipinski definition) is 4. The lowest BCUT2D eigenvalue weighted by Gasteiger charge is -2.28. The monoisotopic (exact) mass is 420 g/mol. The summed E-state index contributed by atoms with van der Waals surface area (Å²) < 4.78 is 5.17. The zero-order chi connectivity index (χ0) is 20.5. The molecular weight excluding hydrogens is 396 g/mol. The molecule has 0 unspecified atom stereocenters. The molecule has 0 radical (unpaired) electrons. The average molecular weight is 421 g/mol. The Morgan fingerprint density at radius 3 is 2.46 bits per heavy atom. The van der Waals surface area contributed by atoms with Gasteiger partial charge in [-0.15, -0.1) is 11.8 Å². The van der Waals surface area contributed by atoms with Gasteiger partial charge in [-0.3, -0.25) is 9.59 Å². The molecule has 0 aliphatic carbocycles. The molecule has 0 saturated heterocycles. The predicted molar refractivity (Wildman–Crippen MR) is 115 cm³/mol. The van der Waals surface area contributed by atoms with Gasteiger partial charge >= 0.3 is 0 Å². The second-order valence-electron chi connectivity index (χ2n) is 6.24. The highest BCUT2D eigenvalue weighted by Crippen LogP contribution is 2.22. The van der Waals surface area contributed by atoms with Crippen LogP contribution < -0.4 is 10.1 Å². The lowest BCUT2D eigenvalue weighted by molar-refractivity contribution is -0.138. The number of methoxy groups -OCH3 is 1. The Balaban J connectivity index is 2.05. The maximum Gasteiger partial charge on any atom is 0.242 e. The van der Waals surface area contributed by atoms with Crippen molar-refractivity contribution in [3.63, 3.8) is 0 Å². The van der Waals surface area contributed by atoms with E-state index < -0.39 is 6.04 Å². The molecule has 5 nitrogen and oxygen atoms in total.